The second kappa shape index (κ2) is 7.21. The number of hydrogen-bond acceptors (Lipinski definition) is 3. The van der Waals surface area contributed by atoms with Crippen LogP contribution in [-0.2, 0) is 4.79 Å². The Balaban J connectivity index is 1.63. The van der Waals surface area contributed by atoms with Crippen molar-refractivity contribution in [3.63, 3.8) is 0 Å². The number of nitrogens with zero attached hydrogens (tertiary/aromatic N) is 4. The number of piperidine rings is 1. The second-order valence-corrected chi connectivity index (χ2v) is 8.94. The average molecular weight is 397 g/mol. The van der Waals surface area contributed by atoms with Crippen LogP contribution in [0.25, 0.3) is 17.0 Å². The Morgan fingerprint density at radius 3 is 2.82 bits per heavy atom. The number of fused-ring (bicyclic) bond motifs is 1. The Hall–Kier alpha value is -2.40. The van der Waals surface area contributed by atoms with Crippen LogP contribution in [0.5, 0.6) is 0 Å². The van der Waals surface area contributed by atoms with Crippen molar-refractivity contribution < 1.29 is 4.79 Å². The highest BCUT2D eigenvalue weighted by atomic mass is 35.5. The van der Waals surface area contributed by atoms with E-state index in [0.29, 0.717) is 5.02 Å². The number of likely N-dealkylation sites (tertiary alicyclic amines) is 1. The zero-order valence-corrected chi connectivity index (χ0v) is 17.3. The minimum atomic E-state index is -0.354. The molecule has 4 heterocycles. The number of rotatable bonds is 2. The van der Waals surface area contributed by atoms with Crippen molar-refractivity contribution >= 4 is 23.2 Å². The second-order valence-electron chi connectivity index (χ2n) is 8.51. The average Bonchev–Trinajstić information content (AvgIpc) is 3.10. The van der Waals surface area contributed by atoms with Gasteiger partial charge in [0.05, 0.1) is 22.6 Å². The molecule has 0 spiro atoms. The number of aromatic nitrogens is 3. The van der Waals surface area contributed by atoms with Crippen molar-refractivity contribution in [1.82, 2.24) is 19.3 Å². The van der Waals surface area contributed by atoms with Crippen LogP contribution in [-0.4, -0.2) is 38.3 Å². The third-order valence-corrected chi connectivity index (χ3v) is 5.49. The largest absolute Gasteiger partial charge is 0.342 e. The lowest BCUT2D eigenvalue weighted by Gasteiger charge is -2.36. The van der Waals surface area contributed by atoms with Crippen molar-refractivity contribution in [2.75, 3.05) is 13.1 Å². The van der Waals surface area contributed by atoms with E-state index in [1.54, 1.807) is 0 Å². The fourth-order valence-corrected chi connectivity index (χ4v) is 4.00. The third kappa shape index (κ3) is 3.63. The molecule has 146 valence electrons. The molecule has 0 aliphatic carbocycles. The minimum Gasteiger partial charge on any atom is -0.342 e. The first-order valence-corrected chi connectivity index (χ1v) is 10.1. The number of pyridine rings is 2. The van der Waals surface area contributed by atoms with Crippen LogP contribution >= 0.6 is 11.6 Å². The monoisotopic (exact) mass is 396 g/mol. The summed E-state index contributed by atoms with van der Waals surface area (Å²) in [5.41, 5.74) is 3.30. The molecule has 1 atom stereocenters. The molecule has 0 radical (unpaired) electrons. The molecule has 0 bridgehead atoms. The lowest BCUT2D eigenvalue weighted by atomic mass is 9.89. The van der Waals surface area contributed by atoms with E-state index in [2.05, 4.69) is 11.1 Å². The maximum Gasteiger partial charge on any atom is 0.227 e. The number of halogens is 1. The topological polar surface area (TPSA) is 50.5 Å². The maximum atomic E-state index is 12.7. The maximum absolute atomic E-state index is 12.7. The number of carbonyl (C=O) groups excluding carboxylic acids is 1. The molecular formula is C22H25ClN4O. The Morgan fingerprint density at radius 1 is 1.21 bits per heavy atom. The quantitative estimate of drug-likeness (QED) is 0.625. The van der Waals surface area contributed by atoms with Gasteiger partial charge in [-0.2, -0.15) is 0 Å². The zero-order valence-electron chi connectivity index (χ0n) is 16.5. The molecule has 0 unspecified atom stereocenters. The van der Waals surface area contributed by atoms with Gasteiger partial charge in [0.25, 0.3) is 0 Å². The summed E-state index contributed by atoms with van der Waals surface area (Å²) in [6.07, 6.45) is 5.74. The highest BCUT2D eigenvalue weighted by Gasteiger charge is 2.32. The lowest BCUT2D eigenvalue weighted by Crippen LogP contribution is -2.44. The Kier molecular flexibility index (Phi) is 4.88. The van der Waals surface area contributed by atoms with E-state index < -0.39 is 0 Å². The fourth-order valence-electron chi connectivity index (χ4n) is 3.84. The SMILES string of the molecule is CC(C)(C)C(=O)N1CCC[C@H](c2cccc(-c3cnc4ccc(Cl)cn34)n2)C1. The molecule has 1 aliphatic heterocycles. The molecular weight excluding hydrogens is 372 g/mol. The van der Waals surface area contributed by atoms with E-state index in [1.165, 1.54) is 0 Å². The standard InChI is InChI=1S/C22H25ClN4O/c1-22(2,3)21(28)26-11-5-6-15(13-26)17-7-4-8-18(25-17)19-12-24-20-10-9-16(23)14-27(19)20/h4,7-10,12,14-15H,5-6,11,13H2,1-3H3/t15-/m0/s1. The van der Waals surface area contributed by atoms with Crippen LogP contribution in [0.3, 0.4) is 0 Å². The molecule has 28 heavy (non-hydrogen) atoms. The first-order chi connectivity index (χ1) is 13.3. The van der Waals surface area contributed by atoms with Gasteiger partial charge in [-0.05, 0) is 37.1 Å². The molecule has 1 saturated heterocycles. The number of carbonyl (C=O) groups is 1. The van der Waals surface area contributed by atoms with E-state index in [1.807, 2.05) is 66.7 Å². The highest BCUT2D eigenvalue weighted by molar-refractivity contribution is 6.30. The number of hydrogen-bond donors (Lipinski definition) is 0. The normalized spacial score (nSPS) is 17.9. The van der Waals surface area contributed by atoms with Gasteiger partial charge >= 0.3 is 0 Å². The van der Waals surface area contributed by atoms with Gasteiger partial charge in [0.1, 0.15) is 5.65 Å². The van der Waals surface area contributed by atoms with Gasteiger partial charge in [-0.3, -0.25) is 14.2 Å². The van der Waals surface area contributed by atoms with Gasteiger partial charge in [0.2, 0.25) is 5.91 Å². The molecule has 0 aromatic carbocycles. The fraction of sp³-hybridized carbons (Fsp3) is 0.409. The minimum absolute atomic E-state index is 0.213. The molecule has 1 aliphatic rings. The first-order valence-electron chi connectivity index (χ1n) is 9.72. The van der Waals surface area contributed by atoms with E-state index in [9.17, 15) is 4.79 Å². The molecule has 1 fully saturated rings. The summed E-state index contributed by atoms with van der Waals surface area (Å²) in [7, 11) is 0. The molecule has 0 saturated carbocycles. The summed E-state index contributed by atoms with van der Waals surface area (Å²) >= 11 is 6.16. The predicted octanol–water partition coefficient (Wildman–Crippen LogP) is 4.80. The van der Waals surface area contributed by atoms with E-state index >= 15 is 0 Å². The van der Waals surface area contributed by atoms with Gasteiger partial charge in [-0.25, -0.2) is 4.98 Å². The molecule has 6 heteroatoms. The Morgan fingerprint density at radius 2 is 2.04 bits per heavy atom. The van der Waals surface area contributed by atoms with Crippen LogP contribution in [0.1, 0.15) is 45.2 Å². The summed E-state index contributed by atoms with van der Waals surface area (Å²) in [6, 6.07) is 9.82. The highest BCUT2D eigenvalue weighted by Crippen LogP contribution is 2.30. The van der Waals surface area contributed by atoms with E-state index in [0.717, 1.165) is 48.7 Å². The number of imidazole rings is 1. The molecule has 3 aromatic rings. The summed E-state index contributed by atoms with van der Waals surface area (Å²) in [4.78, 5) is 24.1. The van der Waals surface area contributed by atoms with Gasteiger partial charge < -0.3 is 4.90 Å². The molecule has 0 N–H and O–H groups in total. The van der Waals surface area contributed by atoms with Crippen LogP contribution in [0.2, 0.25) is 5.02 Å². The van der Waals surface area contributed by atoms with E-state index in [4.69, 9.17) is 16.6 Å². The zero-order chi connectivity index (χ0) is 19.9. The molecule has 3 aromatic heterocycles. The number of amides is 1. The first kappa shape index (κ1) is 18.9. The summed E-state index contributed by atoms with van der Waals surface area (Å²) < 4.78 is 1.96. The van der Waals surface area contributed by atoms with Crippen molar-refractivity contribution in [1.29, 1.82) is 0 Å². The van der Waals surface area contributed by atoms with Crippen LogP contribution in [0, 0.1) is 5.41 Å². The predicted molar refractivity (Wildman–Crippen MR) is 111 cm³/mol. The van der Waals surface area contributed by atoms with Crippen molar-refractivity contribution in [2.45, 2.75) is 39.5 Å². The van der Waals surface area contributed by atoms with Crippen molar-refractivity contribution in [3.05, 3.63) is 53.4 Å². The van der Waals surface area contributed by atoms with Crippen LogP contribution in [0.15, 0.2) is 42.7 Å². The summed E-state index contributed by atoms with van der Waals surface area (Å²) in [5.74, 6) is 0.465. The Bertz CT molecular complexity index is 1020. The summed E-state index contributed by atoms with van der Waals surface area (Å²) in [5, 5.41) is 0.659. The van der Waals surface area contributed by atoms with Crippen molar-refractivity contribution in [3.8, 4) is 11.4 Å². The van der Waals surface area contributed by atoms with Gasteiger partial charge in [0, 0.05) is 36.3 Å². The molecule has 1 amide bonds. The summed E-state index contributed by atoms with van der Waals surface area (Å²) in [6.45, 7) is 7.50. The van der Waals surface area contributed by atoms with Gasteiger partial charge in [-0.15, -0.1) is 0 Å². The third-order valence-electron chi connectivity index (χ3n) is 5.27. The van der Waals surface area contributed by atoms with Crippen LogP contribution < -0.4 is 0 Å². The smallest absolute Gasteiger partial charge is 0.227 e. The van der Waals surface area contributed by atoms with Gasteiger partial charge in [0.15, 0.2) is 0 Å². The Labute approximate surface area is 170 Å². The van der Waals surface area contributed by atoms with Crippen molar-refractivity contribution in [2.24, 2.45) is 5.41 Å². The molecule has 4 rings (SSSR count). The van der Waals surface area contributed by atoms with Crippen LogP contribution in [0.4, 0.5) is 0 Å². The van der Waals surface area contributed by atoms with Gasteiger partial charge in [-0.1, -0.05) is 38.4 Å². The lowest BCUT2D eigenvalue weighted by molar-refractivity contribution is -0.140. The van der Waals surface area contributed by atoms with E-state index in [-0.39, 0.29) is 17.2 Å². The molecule has 5 nitrogen and oxygen atoms in total.